The van der Waals surface area contributed by atoms with Crippen LogP contribution in [0.5, 0.6) is 0 Å². The zero-order valence-electron chi connectivity index (χ0n) is 8.91. The van der Waals surface area contributed by atoms with Crippen molar-refractivity contribution >= 4 is 45.5 Å². The van der Waals surface area contributed by atoms with Crippen LogP contribution in [-0.2, 0) is 6.42 Å². The number of halogens is 2. The van der Waals surface area contributed by atoms with Gasteiger partial charge in [-0.15, -0.1) is 22.9 Å². The van der Waals surface area contributed by atoms with Crippen molar-refractivity contribution in [1.29, 1.82) is 0 Å². The maximum atomic E-state index is 6.51. The molecule has 1 heterocycles. The molecule has 0 radical (unpaired) electrons. The maximum absolute atomic E-state index is 6.51. The monoisotopic (exact) mass is 362 g/mol. The summed E-state index contributed by atoms with van der Waals surface area (Å²) in [6, 6.07) is 12.6. The van der Waals surface area contributed by atoms with Crippen molar-refractivity contribution in [2.24, 2.45) is 0 Å². The van der Waals surface area contributed by atoms with Crippen LogP contribution in [0.3, 0.4) is 0 Å². The van der Waals surface area contributed by atoms with Gasteiger partial charge < -0.3 is 0 Å². The predicted octanol–water partition coefficient (Wildman–Crippen LogP) is 5.24. The lowest BCUT2D eigenvalue weighted by atomic mass is 10.1. The van der Waals surface area contributed by atoms with Gasteiger partial charge in [0.15, 0.2) is 0 Å². The third-order valence-electron chi connectivity index (χ3n) is 2.46. The van der Waals surface area contributed by atoms with E-state index in [1.54, 1.807) is 0 Å². The maximum Gasteiger partial charge on any atom is 0.0938 e. The first-order valence-corrected chi connectivity index (χ1v) is 7.52. The summed E-state index contributed by atoms with van der Waals surface area (Å²) in [7, 11) is 0. The minimum absolute atomic E-state index is 0.0154. The molecule has 0 aliphatic rings. The Bertz CT molecular complexity index is 478. The summed E-state index contributed by atoms with van der Waals surface area (Å²) in [6.07, 6.45) is 1.08. The van der Waals surface area contributed by atoms with E-state index in [0.717, 1.165) is 6.42 Å². The van der Waals surface area contributed by atoms with E-state index in [-0.39, 0.29) is 5.38 Å². The number of hydrogen-bond acceptors (Lipinski definition) is 1. The molecule has 0 aliphatic carbocycles. The Balaban J connectivity index is 2.31. The van der Waals surface area contributed by atoms with E-state index >= 15 is 0 Å². The molecule has 0 nitrogen and oxygen atoms in total. The molecule has 1 atom stereocenters. The van der Waals surface area contributed by atoms with E-state index < -0.39 is 0 Å². The molecule has 1 aromatic carbocycles. The van der Waals surface area contributed by atoms with Crippen LogP contribution in [-0.4, -0.2) is 0 Å². The van der Waals surface area contributed by atoms with Gasteiger partial charge in [-0.2, -0.15) is 0 Å². The van der Waals surface area contributed by atoms with E-state index in [2.05, 4.69) is 53.8 Å². The topological polar surface area (TPSA) is 0 Å². The third kappa shape index (κ3) is 2.60. The highest BCUT2D eigenvalue weighted by Gasteiger charge is 2.15. The second kappa shape index (κ2) is 5.52. The van der Waals surface area contributed by atoms with Crippen LogP contribution in [0.15, 0.2) is 36.4 Å². The molecular weight excluding hydrogens is 351 g/mol. The first kappa shape index (κ1) is 12.4. The average Bonchev–Trinajstić information content (AvgIpc) is 2.77. The number of aryl methyl sites for hydroxylation is 1. The highest BCUT2D eigenvalue weighted by Crippen LogP contribution is 2.35. The van der Waals surface area contributed by atoms with Gasteiger partial charge in [0.05, 0.1) is 5.38 Å². The summed E-state index contributed by atoms with van der Waals surface area (Å²) in [5.41, 5.74) is 1.20. The Kier molecular flexibility index (Phi) is 4.27. The van der Waals surface area contributed by atoms with Gasteiger partial charge in [-0.25, -0.2) is 0 Å². The number of thiophene rings is 1. The fourth-order valence-electron chi connectivity index (χ4n) is 1.55. The second-order valence-electron chi connectivity index (χ2n) is 3.54. The zero-order chi connectivity index (χ0) is 11.5. The fourth-order valence-corrected chi connectivity index (χ4v) is 3.78. The molecule has 0 aliphatic heterocycles. The normalized spacial score (nSPS) is 12.7. The summed E-state index contributed by atoms with van der Waals surface area (Å²) in [6.45, 7) is 2.17. The Hall–Kier alpha value is -0.0600. The summed E-state index contributed by atoms with van der Waals surface area (Å²) >= 11 is 10.7. The zero-order valence-corrected chi connectivity index (χ0v) is 12.6. The lowest BCUT2D eigenvalue weighted by molar-refractivity contribution is 1.17. The smallest absolute Gasteiger partial charge is 0.0938 e. The first-order chi connectivity index (χ1) is 7.72. The quantitative estimate of drug-likeness (QED) is 0.517. The van der Waals surface area contributed by atoms with Gasteiger partial charge in [0.2, 0.25) is 0 Å². The summed E-state index contributed by atoms with van der Waals surface area (Å²) in [5.74, 6) is 0. The molecule has 0 amide bonds. The number of hydrogen-bond donors (Lipinski definition) is 0. The van der Waals surface area contributed by atoms with Crippen molar-refractivity contribution in [3.63, 3.8) is 0 Å². The molecule has 16 heavy (non-hydrogen) atoms. The number of rotatable bonds is 3. The number of alkyl halides is 1. The highest BCUT2D eigenvalue weighted by atomic mass is 127. The minimum Gasteiger partial charge on any atom is -0.143 e. The molecule has 0 bridgehead atoms. The molecule has 3 heteroatoms. The molecule has 1 unspecified atom stereocenters. The van der Waals surface area contributed by atoms with Gasteiger partial charge in [-0.1, -0.05) is 25.1 Å². The Labute approximate surface area is 119 Å². The van der Waals surface area contributed by atoms with Crippen LogP contribution in [0, 0.1) is 3.57 Å². The van der Waals surface area contributed by atoms with Crippen molar-refractivity contribution in [3.05, 3.63) is 55.3 Å². The molecular formula is C13H12ClIS. The van der Waals surface area contributed by atoms with Gasteiger partial charge in [0, 0.05) is 13.3 Å². The first-order valence-electron chi connectivity index (χ1n) is 5.19. The van der Waals surface area contributed by atoms with Crippen LogP contribution in [0.1, 0.15) is 27.6 Å². The highest BCUT2D eigenvalue weighted by molar-refractivity contribution is 14.1. The van der Waals surface area contributed by atoms with E-state index in [4.69, 9.17) is 11.6 Å². The third-order valence-corrected chi connectivity index (χ3v) is 5.34. The fraction of sp³-hybridized carbons (Fsp3) is 0.231. The van der Waals surface area contributed by atoms with Crippen molar-refractivity contribution in [2.75, 3.05) is 0 Å². The summed E-state index contributed by atoms with van der Waals surface area (Å²) < 4.78 is 1.23. The van der Waals surface area contributed by atoms with Gasteiger partial charge >= 0.3 is 0 Å². The van der Waals surface area contributed by atoms with Crippen molar-refractivity contribution in [1.82, 2.24) is 0 Å². The summed E-state index contributed by atoms with van der Waals surface area (Å²) in [5, 5.41) is -0.0154. The van der Waals surface area contributed by atoms with Crippen LogP contribution in [0.2, 0.25) is 0 Å². The van der Waals surface area contributed by atoms with Gasteiger partial charge in [-0.3, -0.25) is 0 Å². The minimum atomic E-state index is -0.0154. The molecule has 0 spiro atoms. The summed E-state index contributed by atoms with van der Waals surface area (Å²) in [4.78, 5) is 2.63. The number of benzene rings is 1. The molecule has 0 N–H and O–H groups in total. The van der Waals surface area contributed by atoms with Gasteiger partial charge in [0.1, 0.15) is 0 Å². The lowest BCUT2D eigenvalue weighted by Gasteiger charge is -2.09. The van der Waals surface area contributed by atoms with E-state index in [0.29, 0.717) is 0 Å². The lowest BCUT2D eigenvalue weighted by Crippen LogP contribution is -1.92. The standard InChI is InChI=1S/C13H12ClIS/c1-2-9-7-8-12(16-9)13(14)10-5-3-4-6-11(10)15/h3-8,13H,2H2,1H3. The SMILES string of the molecule is CCc1ccc(C(Cl)c2ccccc2I)s1. The predicted molar refractivity (Wildman–Crippen MR) is 80.6 cm³/mol. The molecule has 1 aromatic heterocycles. The largest absolute Gasteiger partial charge is 0.143 e. The molecule has 84 valence electrons. The van der Waals surface area contributed by atoms with E-state index in [9.17, 15) is 0 Å². The van der Waals surface area contributed by atoms with Crippen molar-refractivity contribution < 1.29 is 0 Å². The Morgan fingerprint density at radius 1 is 1.25 bits per heavy atom. The van der Waals surface area contributed by atoms with E-state index in [1.165, 1.54) is 18.9 Å². The van der Waals surface area contributed by atoms with Crippen molar-refractivity contribution in [2.45, 2.75) is 18.7 Å². The van der Waals surface area contributed by atoms with Crippen LogP contribution < -0.4 is 0 Å². The molecule has 2 rings (SSSR count). The average molecular weight is 363 g/mol. The molecule has 0 saturated carbocycles. The molecule has 0 saturated heterocycles. The van der Waals surface area contributed by atoms with Gasteiger partial charge in [0.25, 0.3) is 0 Å². The van der Waals surface area contributed by atoms with E-state index in [1.807, 2.05) is 23.5 Å². The molecule has 0 fully saturated rings. The molecule has 2 aromatic rings. The van der Waals surface area contributed by atoms with Gasteiger partial charge in [-0.05, 0) is 52.8 Å². The Morgan fingerprint density at radius 2 is 2.00 bits per heavy atom. The van der Waals surface area contributed by atoms with Crippen molar-refractivity contribution in [3.8, 4) is 0 Å². The van der Waals surface area contributed by atoms with Crippen LogP contribution in [0.4, 0.5) is 0 Å². The van der Waals surface area contributed by atoms with Crippen LogP contribution >= 0.6 is 45.5 Å². The second-order valence-corrected chi connectivity index (χ2v) is 6.34. The van der Waals surface area contributed by atoms with Crippen LogP contribution in [0.25, 0.3) is 0 Å². The Morgan fingerprint density at radius 3 is 2.62 bits per heavy atom.